The summed E-state index contributed by atoms with van der Waals surface area (Å²) in [5.74, 6) is 1.32. The van der Waals surface area contributed by atoms with E-state index in [1.165, 1.54) is 0 Å². The summed E-state index contributed by atoms with van der Waals surface area (Å²) in [6.07, 6.45) is 2.22. The zero-order valence-electron chi connectivity index (χ0n) is 11.1. The molecule has 0 radical (unpaired) electrons. The smallest absolute Gasteiger partial charge is 0.203 e. The van der Waals surface area contributed by atoms with Gasteiger partial charge in [-0.05, 0) is 18.9 Å². The molecule has 0 saturated carbocycles. The van der Waals surface area contributed by atoms with Crippen molar-refractivity contribution in [2.75, 3.05) is 0 Å². The SMILES string of the molecule is CCCc1nnc(-c2ccc(CC(C)=O)cc2)nn1. The average Bonchev–Trinajstić information content (AvgIpc) is 2.40. The molecular formula is C14H16N4O. The van der Waals surface area contributed by atoms with E-state index in [-0.39, 0.29) is 5.78 Å². The molecule has 1 aromatic carbocycles. The second kappa shape index (κ2) is 6.13. The maximum absolute atomic E-state index is 11.0. The van der Waals surface area contributed by atoms with Gasteiger partial charge in [-0.25, -0.2) is 0 Å². The number of benzene rings is 1. The topological polar surface area (TPSA) is 68.6 Å². The Kier molecular flexibility index (Phi) is 4.28. The van der Waals surface area contributed by atoms with Gasteiger partial charge in [-0.15, -0.1) is 20.4 Å². The second-order valence-electron chi connectivity index (χ2n) is 4.47. The predicted octanol–water partition coefficient (Wildman–Crippen LogP) is 2.02. The van der Waals surface area contributed by atoms with Crippen molar-refractivity contribution < 1.29 is 4.79 Å². The minimum atomic E-state index is 0.149. The summed E-state index contributed by atoms with van der Waals surface area (Å²) in [7, 11) is 0. The first-order valence-electron chi connectivity index (χ1n) is 6.34. The molecule has 5 nitrogen and oxygen atoms in total. The van der Waals surface area contributed by atoms with Crippen molar-refractivity contribution >= 4 is 5.78 Å². The Balaban J connectivity index is 2.15. The van der Waals surface area contributed by atoms with Crippen LogP contribution in [-0.4, -0.2) is 26.2 Å². The molecule has 0 unspecified atom stereocenters. The van der Waals surface area contributed by atoms with Crippen molar-refractivity contribution in [3.63, 3.8) is 0 Å². The minimum Gasteiger partial charge on any atom is -0.300 e. The van der Waals surface area contributed by atoms with Gasteiger partial charge in [0.25, 0.3) is 0 Å². The zero-order valence-corrected chi connectivity index (χ0v) is 11.1. The van der Waals surface area contributed by atoms with E-state index < -0.39 is 0 Å². The number of nitrogens with zero attached hydrogens (tertiary/aromatic N) is 4. The van der Waals surface area contributed by atoms with Crippen LogP contribution in [0.5, 0.6) is 0 Å². The first-order chi connectivity index (χ1) is 9.19. The Morgan fingerprint density at radius 3 is 2.21 bits per heavy atom. The van der Waals surface area contributed by atoms with Gasteiger partial charge in [-0.2, -0.15) is 0 Å². The summed E-state index contributed by atoms with van der Waals surface area (Å²) < 4.78 is 0. The molecule has 0 spiro atoms. The van der Waals surface area contributed by atoms with E-state index in [0.29, 0.717) is 18.1 Å². The third kappa shape index (κ3) is 3.64. The molecule has 5 heteroatoms. The molecule has 0 fully saturated rings. The van der Waals surface area contributed by atoms with Crippen molar-refractivity contribution in [3.05, 3.63) is 35.7 Å². The van der Waals surface area contributed by atoms with E-state index in [9.17, 15) is 4.79 Å². The molecule has 98 valence electrons. The van der Waals surface area contributed by atoms with E-state index in [4.69, 9.17) is 0 Å². The normalized spacial score (nSPS) is 10.4. The average molecular weight is 256 g/mol. The highest BCUT2D eigenvalue weighted by atomic mass is 16.1. The molecule has 0 saturated heterocycles. The van der Waals surface area contributed by atoms with E-state index in [2.05, 4.69) is 27.3 Å². The molecule has 0 bridgehead atoms. The number of Topliss-reactive ketones (excluding diaryl/α,β-unsaturated/α-hetero) is 1. The van der Waals surface area contributed by atoms with E-state index in [0.717, 1.165) is 24.0 Å². The Morgan fingerprint density at radius 2 is 1.68 bits per heavy atom. The molecule has 0 N–H and O–H groups in total. The van der Waals surface area contributed by atoms with Gasteiger partial charge in [-0.1, -0.05) is 31.2 Å². The highest BCUT2D eigenvalue weighted by Gasteiger charge is 2.05. The lowest BCUT2D eigenvalue weighted by Crippen LogP contribution is -2.02. The maximum atomic E-state index is 11.0. The first-order valence-corrected chi connectivity index (χ1v) is 6.34. The van der Waals surface area contributed by atoms with Crippen molar-refractivity contribution in [1.82, 2.24) is 20.4 Å². The van der Waals surface area contributed by atoms with Gasteiger partial charge in [0, 0.05) is 18.4 Å². The monoisotopic (exact) mass is 256 g/mol. The van der Waals surface area contributed by atoms with E-state index in [1.54, 1.807) is 6.92 Å². The summed E-state index contributed by atoms with van der Waals surface area (Å²) >= 11 is 0. The molecular weight excluding hydrogens is 240 g/mol. The fraction of sp³-hybridized carbons (Fsp3) is 0.357. The maximum Gasteiger partial charge on any atom is 0.203 e. The van der Waals surface area contributed by atoms with Crippen LogP contribution in [-0.2, 0) is 17.6 Å². The van der Waals surface area contributed by atoms with Crippen LogP contribution in [0.3, 0.4) is 0 Å². The molecule has 0 amide bonds. The van der Waals surface area contributed by atoms with Gasteiger partial charge >= 0.3 is 0 Å². The second-order valence-corrected chi connectivity index (χ2v) is 4.47. The summed E-state index contributed by atoms with van der Waals surface area (Å²) in [6.45, 7) is 3.64. The molecule has 0 aliphatic rings. The minimum absolute atomic E-state index is 0.149. The van der Waals surface area contributed by atoms with Gasteiger partial charge in [0.05, 0.1) is 0 Å². The van der Waals surface area contributed by atoms with E-state index in [1.807, 2.05) is 24.3 Å². The van der Waals surface area contributed by atoms with E-state index >= 15 is 0 Å². The summed E-state index contributed by atoms with van der Waals surface area (Å²) in [5.41, 5.74) is 1.84. The molecule has 2 rings (SSSR count). The summed E-state index contributed by atoms with van der Waals surface area (Å²) in [6, 6.07) is 7.58. The molecule has 2 aromatic rings. The van der Waals surface area contributed by atoms with Gasteiger partial charge in [0.1, 0.15) is 5.78 Å². The van der Waals surface area contributed by atoms with Crippen LogP contribution in [0.2, 0.25) is 0 Å². The van der Waals surface area contributed by atoms with Gasteiger partial charge < -0.3 is 0 Å². The largest absolute Gasteiger partial charge is 0.300 e. The third-order valence-corrected chi connectivity index (χ3v) is 2.66. The Hall–Kier alpha value is -2.17. The fourth-order valence-electron chi connectivity index (χ4n) is 1.75. The van der Waals surface area contributed by atoms with Crippen LogP contribution < -0.4 is 0 Å². The van der Waals surface area contributed by atoms with Crippen LogP contribution in [0.1, 0.15) is 31.7 Å². The highest BCUT2D eigenvalue weighted by molar-refractivity contribution is 5.78. The van der Waals surface area contributed by atoms with Crippen LogP contribution >= 0.6 is 0 Å². The van der Waals surface area contributed by atoms with Gasteiger partial charge in [-0.3, -0.25) is 4.79 Å². The number of carbonyl (C=O) groups excluding carboxylic acids is 1. The first kappa shape index (κ1) is 13.3. The van der Waals surface area contributed by atoms with Gasteiger partial charge in [0.2, 0.25) is 5.82 Å². The number of hydrogen-bond donors (Lipinski definition) is 0. The number of rotatable bonds is 5. The lowest BCUT2D eigenvalue weighted by Gasteiger charge is -2.01. The highest BCUT2D eigenvalue weighted by Crippen LogP contribution is 2.14. The quantitative estimate of drug-likeness (QED) is 0.818. The number of hydrogen-bond acceptors (Lipinski definition) is 5. The number of aryl methyl sites for hydroxylation is 1. The Bertz CT molecular complexity index is 549. The molecule has 1 aromatic heterocycles. The Labute approximate surface area is 112 Å². The molecule has 0 atom stereocenters. The number of ketones is 1. The molecule has 0 aliphatic carbocycles. The lowest BCUT2D eigenvalue weighted by atomic mass is 10.1. The van der Waals surface area contributed by atoms with Gasteiger partial charge in [0.15, 0.2) is 5.82 Å². The third-order valence-electron chi connectivity index (χ3n) is 2.66. The fourth-order valence-corrected chi connectivity index (χ4v) is 1.75. The number of carbonyl (C=O) groups is 1. The Morgan fingerprint density at radius 1 is 1.05 bits per heavy atom. The van der Waals surface area contributed by atoms with Crippen molar-refractivity contribution in [1.29, 1.82) is 0 Å². The zero-order chi connectivity index (χ0) is 13.7. The van der Waals surface area contributed by atoms with Crippen LogP contribution in [0, 0.1) is 0 Å². The van der Waals surface area contributed by atoms with Crippen LogP contribution in [0.4, 0.5) is 0 Å². The molecule has 1 heterocycles. The summed E-state index contributed by atoms with van der Waals surface area (Å²) in [4.78, 5) is 11.0. The van der Waals surface area contributed by atoms with Crippen LogP contribution in [0.15, 0.2) is 24.3 Å². The van der Waals surface area contributed by atoms with Crippen molar-refractivity contribution in [3.8, 4) is 11.4 Å². The lowest BCUT2D eigenvalue weighted by molar-refractivity contribution is -0.116. The van der Waals surface area contributed by atoms with Crippen molar-refractivity contribution in [2.45, 2.75) is 33.1 Å². The number of aromatic nitrogens is 4. The molecule has 19 heavy (non-hydrogen) atoms. The summed E-state index contributed by atoms with van der Waals surface area (Å²) in [5, 5.41) is 16.2. The van der Waals surface area contributed by atoms with Crippen molar-refractivity contribution in [2.24, 2.45) is 0 Å². The predicted molar refractivity (Wildman–Crippen MR) is 71.4 cm³/mol. The van der Waals surface area contributed by atoms with Crippen LogP contribution in [0.25, 0.3) is 11.4 Å². The standard InChI is InChI=1S/C14H16N4O/c1-3-4-13-15-17-14(18-16-13)12-7-5-11(6-8-12)9-10(2)19/h5-8H,3-4,9H2,1-2H3. The molecule has 0 aliphatic heterocycles.